The lowest BCUT2D eigenvalue weighted by Gasteiger charge is -1.96. The summed E-state index contributed by atoms with van der Waals surface area (Å²) in [5, 5.41) is 0. The van der Waals surface area contributed by atoms with Crippen molar-refractivity contribution in [1.29, 1.82) is 0 Å². The number of rotatable bonds is 8. The maximum absolute atomic E-state index is 4.83. The van der Waals surface area contributed by atoms with Gasteiger partial charge < -0.3 is 4.74 Å². The molecule has 0 aromatic rings. The largest absolute Gasteiger partial charge is 0.382 e. The third-order valence-corrected chi connectivity index (χ3v) is 2.12. The van der Waals surface area contributed by atoms with Crippen molar-refractivity contribution >= 4 is 0 Å². The Morgan fingerprint density at radius 1 is 0.571 bits per heavy atom. The highest BCUT2D eigenvalue weighted by Gasteiger charge is 1.85. The fourth-order valence-electron chi connectivity index (χ4n) is 1.23. The topological polar surface area (TPSA) is 9.23 Å². The van der Waals surface area contributed by atoms with Crippen LogP contribution in [0.2, 0.25) is 0 Å². The average molecular weight is 202 g/mol. The molecule has 0 heterocycles. The molecule has 0 radical (unpaired) electrons. The van der Waals surface area contributed by atoms with Gasteiger partial charge in [0, 0.05) is 13.2 Å². The van der Waals surface area contributed by atoms with Gasteiger partial charge in [-0.25, -0.2) is 0 Å². The second kappa shape index (κ2) is 18.7. The molecule has 1 heteroatoms. The van der Waals surface area contributed by atoms with Gasteiger partial charge >= 0.3 is 0 Å². The van der Waals surface area contributed by atoms with Crippen molar-refractivity contribution in [2.75, 3.05) is 13.2 Å². The minimum atomic E-state index is 0.844. The Labute approximate surface area is 91.2 Å². The number of unbranched alkanes of at least 4 members (excludes halogenated alkanes) is 6. The van der Waals surface area contributed by atoms with E-state index < -0.39 is 0 Å². The minimum Gasteiger partial charge on any atom is -0.382 e. The van der Waals surface area contributed by atoms with E-state index in [1.54, 1.807) is 0 Å². The van der Waals surface area contributed by atoms with Crippen molar-refractivity contribution in [2.24, 2.45) is 0 Å². The molecule has 0 unspecified atom stereocenters. The summed E-state index contributed by atoms with van der Waals surface area (Å²) in [7, 11) is 0. The van der Waals surface area contributed by atoms with Gasteiger partial charge in [0.1, 0.15) is 0 Å². The number of hydrogen-bond acceptors (Lipinski definition) is 1. The Bertz CT molecular complexity index is 63.6. The highest BCUT2D eigenvalue weighted by atomic mass is 16.5. The second-order valence-corrected chi connectivity index (χ2v) is 3.55. The average Bonchev–Trinajstić information content (AvgIpc) is 2.20. The van der Waals surface area contributed by atoms with E-state index in [0.717, 1.165) is 13.2 Å². The van der Waals surface area contributed by atoms with Crippen molar-refractivity contribution in [3.05, 3.63) is 0 Å². The first-order chi connectivity index (χ1) is 6.83. The van der Waals surface area contributed by atoms with E-state index in [1.807, 2.05) is 13.8 Å². The lowest BCUT2D eigenvalue weighted by Crippen LogP contribution is -1.84. The molecule has 1 nitrogen and oxygen atoms in total. The van der Waals surface area contributed by atoms with Crippen molar-refractivity contribution in [3.8, 4) is 0 Å². The van der Waals surface area contributed by atoms with Gasteiger partial charge in [0.15, 0.2) is 0 Å². The lowest BCUT2D eigenvalue weighted by atomic mass is 10.1. The first-order valence-electron chi connectivity index (χ1n) is 6.41. The highest BCUT2D eigenvalue weighted by Crippen LogP contribution is 2.05. The van der Waals surface area contributed by atoms with E-state index >= 15 is 0 Å². The van der Waals surface area contributed by atoms with E-state index in [4.69, 9.17) is 4.74 Å². The fourth-order valence-corrected chi connectivity index (χ4v) is 1.23. The van der Waals surface area contributed by atoms with Gasteiger partial charge in [-0.15, -0.1) is 0 Å². The summed E-state index contributed by atoms with van der Waals surface area (Å²) in [5.74, 6) is 0. The Kier molecular flexibility index (Phi) is 21.9. The molecule has 88 valence electrons. The molecule has 0 aromatic heterocycles. The van der Waals surface area contributed by atoms with Crippen LogP contribution in [0.5, 0.6) is 0 Å². The zero-order chi connectivity index (χ0) is 11.1. The summed E-state index contributed by atoms with van der Waals surface area (Å²) in [5.41, 5.74) is 0. The molecule has 0 saturated heterocycles. The van der Waals surface area contributed by atoms with Gasteiger partial charge in [-0.2, -0.15) is 0 Å². The fraction of sp³-hybridized carbons (Fsp3) is 1.00. The molecule has 0 spiro atoms. The first-order valence-corrected chi connectivity index (χ1v) is 6.41. The summed E-state index contributed by atoms with van der Waals surface area (Å²) in [6.45, 7) is 10.2. The second-order valence-electron chi connectivity index (χ2n) is 3.55. The van der Waals surface area contributed by atoms with Crippen LogP contribution in [0.15, 0.2) is 0 Å². The van der Waals surface area contributed by atoms with Gasteiger partial charge in [-0.1, -0.05) is 58.8 Å². The van der Waals surface area contributed by atoms with Crippen molar-refractivity contribution in [3.63, 3.8) is 0 Å². The highest BCUT2D eigenvalue weighted by molar-refractivity contribution is 4.41. The van der Waals surface area contributed by atoms with Crippen LogP contribution in [0.25, 0.3) is 0 Å². The summed E-state index contributed by atoms with van der Waals surface area (Å²) in [4.78, 5) is 0. The third kappa shape index (κ3) is 22.7. The molecule has 0 saturated carbocycles. The lowest BCUT2D eigenvalue weighted by molar-refractivity contribution is 0.162. The van der Waals surface area contributed by atoms with Crippen molar-refractivity contribution < 1.29 is 4.74 Å². The van der Waals surface area contributed by atoms with Gasteiger partial charge in [0.05, 0.1) is 0 Å². The molecule has 0 rings (SSSR count). The van der Waals surface area contributed by atoms with Crippen molar-refractivity contribution in [2.45, 2.75) is 72.6 Å². The van der Waals surface area contributed by atoms with Gasteiger partial charge in [-0.05, 0) is 13.8 Å². The normalized spacial score (nSPS) is 9.43. The smallest absolute Gasteiger partial charge is 0.0437 e. The van der Waals surface area contributed by atoms with E-state index in [1.165, 1.54) is 44.9 Å². The van der Waals surface area contributed by atoms with Crippen LogP contribution in [0.4, 0.5) is 0 Å². The zero-order valence-electron chi connectivity index (χ0n) is 10.8. The molecule has 0 aliphatic heterocycles. The van der Waals surface area contributed by atoms with Crippen molar-refractivity contribution in [1.82, 2.24) is 0 Å². The molecule has 0 aliphatic rings. The Morgan fingerprint density at radius 3 is 1.14 bits per heavy atom. The van der Waals surface area contributed by atoms with Crippen LogP contribution in [0, 0.1) is 0 Å². The third-order valence-electron chi connectivity index (χ3n) is 2.12. The van der Waals surface area contributed by atoms with Gasteiger partial charge in [0.25, 0.3) is 0 Å². The summed E-state index contributed by atoms with van der Waals surface area (Å²) in [6.07, 6.45) is 9.97. The molecule has 0 N–H and O–H groups in total. The van der Waals surface area contributed by atoms with Crippen LogP contribution < -0.4 is 0 Å². The van der Waals surface area contributed by atoms with Crippen LogP contribution in [0.3, 0.4) is 0 Å². The standard InChI is InChI=1S/C9H20.C4H10O/c1-3-5-7-9-8-6-4-2;1-3-5-4-2/h3-9H2,1-2H3;3-4H2,1-2H3. The maximum Gasteiger partial charge on any atom is 0.0437 e. The maximum atomic E-state index is 4.83. The monoisotopic (exact) mass is 202 g/mol. The van der Waals surface area contributed by atoms with E-state index in [2.05, 4.69) is 13.8 Å². The predicted molar refractivity (Wildman–Crippen MR) is 65.8 cm³/mol. The zero-order valence-corrected chi connectivity index (χ0v) is 10.8. The molecule has 14 heavy (non-hydrogen) atoms. The molecular weight excluding hydrogens is 172 g/mol. The number of ether oxygens (including phenoxy) is 1. The van der Waals surface area contributed by atoms with Crippen LogP contribution >= 0.6 is 0 Å². The summed E-state index contributed by atoms with van der Waals surface area (Å²) < 4.78 is 4.83. The number of hydrogen-bond donors (Lipinski definition) is 0. The molecule has 0 atom stereocenters. The Morgan fingerprint density at radius 2 is 0.929 bits per heavy atom. The molecule has 0 fully saturated rings. The van der Waals surface area contributed by atoms with Crippen LogP contribution in [-0.4, -0.2) is 13.2 Å². The van der Waals surface area contributed by atoms with Crippen LogP contribution in [-0.2, 0) is 4.74 Å². The van der Waals surface area contributed by atoms with E-state index in [0.29, 0.717) is 0 Å². The summed E-state index contributed by atoms with van der Waals surface area (Å²) in [6, 6.07) is 0. The Balaban J connectivity index is 0. The predicted octanol–water partition coefficient (Wildman–Crippen LogP) is 4.80. The SMILES string of the molecule is CCCCCCCCC.CCOCC. The minimum absolute atomic E-state index is 0.844. The summed E-state index contributed by atoms with van der Waals surface area (Å²) >= 11 is 0. The van der Waals surface area contributed by atoms with Gasteiger partial charge in [0.2, 0.25) is 0 Å². The van der Waals surface area contributed by atoms with Crippen LogP contribution in [0.1, 0.15) is 72.6 Å². The quantitative estimate of drug-likeness (QED) is 0.514. The molecule has 0 amide bonds. The Hall–Kier alpha value is -0.0400. The van der Waals surface area contributed by atoms with E-state index in [-0.39, 0.29) is 0 Å². The first kappa shape index (κ1) is 16.4. The molecule has 0 aliphatic carbocycles. The molecule has 0 aromatic carbocycles. The van der Waals surface area contributed by atoms with Gasteiger partial charge in [-0.3, -0.25) is 0 Å². The molecule has 0 bridgehead atoms. The molecular formula is C13H30O. The van der Waals surface area contributed by atoms with E-state index in [9.17, 15) is 0 Å².